The van der Waals surface area contributed by atoms with Crippen LogP contribution in [0.1, 0.15) is 16.7 Å². The summed E-state index contributed by atoms with van der Waals surface area (Å²) in [5.41, 5.74) is 7.88. The van der Waals surface area contributed by atoms with E-state index >= 15 is 0 Å². The third-order valence-electron chi connectivity index (χ3n) is 3.14. The number of benzene rings is 2. The van der Waals surface area contributed by atoms with E-state index in [1.54, 1.807) is 18.2 Å². The molecule has 2 rings (SSSR count). The van der Waals surface area contributed by atoms with Crippen molar-refractivity contribution in [1.29, 1.82) is 5.41 Å². The highest BCUT2D eigenvalue weighted by Gasteiger charge is 2.08. The standard InChI is InChI=1S/C16H17BrFN3/c1-21(10-13-8-14(17)5-6-15(13)18)9-11-3-2-4-12(7-11)16(19)20/h2-8H,9-10H2,1H3,(H3,19,20). The summed E-state index contributed by atoms with van der Waals surface area (Å²) in [4.78, 5) is 2.02. The molecule has 0 saturated carbocycles. The first-order valence-electron chi connectivity index (χ1n) is 6.51. The van der Waals surface area contributed by atoms with Gasteiger partial charge in [0.15, 0.2) is 0 Å². The van der Waals surface area contributed by atoms with Crippen molar-refractivity contribution in [1.82, 2.24) is 4.90 Å². The van der Waals surface area contributed by atoms with Gasteiger partial charge >= 0.3 is 0 Å². The second-order valence-corrected chi connectivity index (χ2v) is 5.94. The van der Waals surface area contributed by atoms with Gasteiger partial charge in [0.25, 0.3) is 0 Å². The lowest BCUT2D eigenvalue weighted by Crippen LogP contribution is -2.19. The van der Waals surface area contributed by atoms with Crippen LogP contribution in [0, 0.1) is 11.2 Å². The van der Waals surface area contributed by atoms with E-state index in [1.807, 2.05) is 30.1 Å². The summed E-state index contributed by atoms with van der Waals surface area (Å²) in [6, 6.07) is 12.5. The average molecular weight is 350 g/mol. The number of nitrogen functional groups attached to an aromatic ring is 1. The van der Waals surface area contributed by atoms with E-state index in [1.165, 1.54) is 6.07 Å². The molecule has 0 amide bonds. The largest absolute Gasteiger partial charge is 0.384 e. The third kappa shape index (κ3) is 4.37. The predicted octanol–water partition coefficient (Wildman–Crippen LogP) is 3.50. The Labute approximate surface area is 132 Å². The van der Waals surface area contributed by atoms with Gasteiger partial charge in [-0.1, -0.05) is 34.1 Å². The van der Waals surface area contributed by atoms with E-state index in [-0.39, 0.29) is 11.7 Å². The van der Waals surface area contributed by atoms with Crippen LogP contribution in [-0.2, 0) is 13.1 Å². The first kappa shape index (κ1) is 15.7. The molecule has 0 saturated heterocycles. The molecule has 0 aliphatic carbocycles. The number of amidine groups is 1. The first-order chi connectivity index (χ1) is 9.95. The van der Waals surface area contributed by atoms with Crippen molar-refractivity contribution in [3.05, 3.63) is 69.4 Å². The highest BCUT2D eigenvalue weighted by Crippen LogP contribution is 2.18. The first-order valence-corrected chi connectivity index (χ1v) is 7.31. The quantitative estimate of drug-likeness (QED) is 0.641. The lowest BCUT2D eigenvalue weighted by atomic mass is 10.1. The number of nitrogens with one attached hydrogen (secondary N) is 1. The van der Waals surface area contributed by atoms with Gasteiger partial charge in [0, 0.05) is 28.7 Å². The maximum atomic E-state index is 13.7. The highest BCUT2D eigenvalue weighted by molar-refractivity contribution is 9.10. The summed E-state index contributed by atoms with van der Waals surface area (Å²) < 4.78 is 14.6. The fourth-order valence-electron chi connectivity index (χ4n) is 2.16. The minimum atomic E-state index is -0.206. The number of hydrogen-bond acceptors (Lipinski definition) is 2. The number of hydrogen-bond donors (Lipinski definition) is 2. The smallest absolute Gasteiger partial charge is 0.127 e. The van der Waals surface area contributed by atoms with Crippen LogP contribution in [0.25, 0.3) is 0 Å². The van der Waals surface area contributed by atoms with Crippen molar-refractivity contribution in [2.45, 2.75) is 13.1 Å². The second-order valence-electron chi connectivity index (χ2n) is 5.02. The summed E-state index contributed by atoms with van der Waals surface area (Å²) in [5.74, 6) is -0.153. The van der Waals surface area contributed by atoms with Gasteiger partial charge in [0.2, 0.25) is 0 Å². The van der Waals surface area contributed by atoms with Crippen LogP contribution in [0.2, 0.25) is 0 Å². The Bertz CT molecular complexity index is 658. The van der Waals surface area contributed by atoms with E-state index in [0.717, 1.165) is 10.0 Å². The van der Waals surface area contributed by atoms with Crippen molar-refractivity contribution >= 4 is 21.8 Å². The topological polar surface area (TPSA) is 53.1 Å². The lowest BCUT2D eigenvalue weighted by molar-refractivity contribution is 0.313. The van der Waals surface area contributed by atoms with Gasteiger partial charge in [-0.2, -0.15) is 0 Å². The number of halogens is 2. The van der Waals surface area contributed by atoms with E-state index in [9.17, 15) is 4.39 Å². The van der Waals surface area contributed by atoms with E-state index < -0.39 is 0 Å². The summed E-state index contributed by atoms with van der Waals surface area (Å²) >= 11 is 3.36. The fraction of sp³-hybridized carbons (Fsp3) is 0.188. The molecule has 0 spiro atoms. The van der Waals surface area contributed by atoms with Gasteiger partial charge in [0.05, 0.1) is 0 Å². The lowest BCUT2D eigenvalue weighted by Gasteiger charge is -2.18. The number of nitrogens with two attached hydrogens (primary N) is 1. The zero-order chi connectivity index (χ0) is 15.4. The second kappa shape index (κ2) is 6.83. The van der Waals surface area contributed by atoms with E-state index in [0.29, 0.717) is 24.2 Å². The van der Waals surface area contributed by atoms with Crippen LogP contribution in [0.3, 0.4) is 0 Å². The monoisotopic (exact) mass is 349 g/mol. The van der Waals surface area contributed by atoms with Crippen LogP contribution in [0.4, 0.5) is 4.39 Å². The van der Waals surface area contributed by atoms with Gasteiger partial charge in [-0.05, 0) is 36.9 Å². The molecule has 0 fully saturated rings. The molecule has 0 unspecified atom stereocenters. The van der Waals surface area contributed by atoms with Crippen molar-refractivity contribution in [3.8, 4) is 0 Å². The molecule has 5 heteroatoms. The molecule has 0 heterocycles. The summed E-state index contributed by atoms with van der Waals surface area (Å²) in [5, 5.41) is 7.45. The minimum absolute atomic E-state index is 0.0533. The zero-order valence-electron chi connectivity index (χ0n) is 11.7. The van der Waals surface area contributed by atoms with Gasteiger partial charge in [-0.15, -0.1) is 0 Å². The van der Waals surface area contributed by atoms with Crippen LogP contribution >= 0.6 is 15.9 Å². The fourth-order valence-corrected chi connectivity index (χ4v) is 2.57. The Balaban J connectivity index is 2.08. The van der Waals surface area contributed by atoms with Gasteiger partial charge in [0.1, 0.15) is 11.7 Å². The Kier molecular flexibility index (Phi) is 5.09. The molecule has 21 heavy (non-hydrogen) atoms. The number of nitrogens with zero attached hydrogens (tertiary/aromatic N) is 1. The minimum Gasteiger partial charge on any atom is -0.384 e. The molecule has 0 atom stereocenters. The van der Waals surface area contributed by atoms with E-state index in [4.69, 9.17) is 11.1 Å². The van der Waals surface area contributed by atoms with Crippen LogP contribution in [-0.4, -0.2) is 17.8 Å². The molecule has 110 valence electrons. The van der Waals surface area contributed by atoms with Crippen molar-refractivity contribution in [2.75, 3.05) is 7.05 Å². The van der Waals surface area contributed by atoms with Crippen LogP contribution in [0.5, 0.6) is 0 Å². The Morgan fingerprint density at radius 1 is 1.24 bits per heavy atom. The molecule has 3 nitrogen and oxygen atoms in total. The van der Waals surface area contributed by atoms with Gasteiger partial charge < -0.3 is 5.73 Å². The highest BCUT2D eigenvalue weighted by atomic mass is 79.9. The van der Waals surface area contributed by atoms with Gasteiger partial charge in [-0.25, -0.2) is 4.39 Å². The molecule has 0 aliphatic rings. The van der Waals surface area contributed by atoms with E-state index in [2.05, 4.69) is 15.9 Å². The SMILES string of the molecule is CN(Cc1cccc(C(=N)N)c1)Cc1cc(Br)ccc1F. The zero-order valence-corrected chi connectivity index (χ0v) is 13.3. The van der Waals surface area contributed by atoms with Crippen molar-refractivity contribution < 1.29 is 4.39 Å². The third-order valence-corrected chi connectivity index (χ3v) is 3.63. The molecule has 0 radical (unpaired) electrons. The number of rotatable bonds is 5. The summed E-state index contributed by atoms with van der Waals surface area (Å²) in [7, 11) is 1.93. The Morgan fingerprint density at radius 3 is 2.71 bits per heavy atom. The molecule has 0 aromatic heterocycles. The van der Waals surface area contributed by atoms with Crippen molar-refractivity contribution in [2.24, 2.45) is 5.73 Å². The maximum Gasteiger partial charge on any atom is 0.127 e. The average Bonchev–Trinajstić information content (AvgIpc) is 2.43. The normalized spacial score (nSPS) is 10.9. The molecule has 2 aromatic carbocycles. The molecule has 2 aromatic rings. The van der Waals surface area contributed by atoms with Crippen LogP contribution in [0.15, 0.2) is 46.9 Å². The molecule has 0 aliphatic heterocycles. The maximum absolute atomic E-state index is 13.7. The molecule has 0 bridgehead atoms. The predicted molar refractivity (Wildman–Crippen MR) is 86.7 cm³/mol. The van der Waals surface area contributed by atoms with Crippen LogP contribution < -0.4 is 5.73 Å². The Morgan fingerprint density at radius 2 is 2.00 bits per heavy atom. The molecular formula is C16H17BrFN3. The summed E-state index contributed by atoms with van der Waals surface area (Å²) in [6.07, 6.45) is 0. The molecule has 3 N–H and O–H groups in total. The Hall–Kier alpha value is -1.72. The summed E-state index contributed by atoms with van der Waals surface area (Å²) in [6.45, 7) is 1.17. The van der Waals surface area contributed by atoms with Gasteiger partial charge in [-0.3, -0.25) is 10.3 Å². The molecular weight excluding hydrogens is 333 g/mol. The van der Waals surface area contributed by atoms with Crippen molar-refractivity contribution in [3.63, 3.8) is 0 Å².